The van der Waals surface area contributed by atoms with Gasteiger partial charge in [0.1, 0.15) is 11.5 Å². The van der Waals surface area contributed by atoms with Gasteiger partial charge in [0.15, 0.2) is 17.3 Å². The molecule has 0 bridgehead atoms. The molecule has 0 radical (unpaired) electrons. The topological polar surface area (TPSA) is 54.0 Å². The minimum atomic E-state index is -5.16. The van der Waals surface area contributed by atoms with Crippen molar-refractivity contribution in [3.05, 3.63) is 53.6 Å². The Hall–Kier alpha value is -3.37. The lowest BCUT2D eigenvalue weighted by Crippen LogP contribution is -2.20. The van der Waals surface area contributed by atoms with E-state index in [0.29, 0.717) is 35.3 Å². The first-order valence-electron chi connectivity index (χ1n) is 8.02. The fourth-order valence-electron chi connectivity index (χ4n) is 2.33. The summed E-state index contributed by atoms with van der Waals surface area (Å²) < 4.78 is 92.4. The average Bonchev–Trinajstić information content (AvgIpc) is 2.64. The zero-order chi connectivity index (χ0) is 22.5. The summed E-state index contributed by atoms with van der Waals surface area (Å²) in [5, 5.41) is 0. The zero-order valence-electron chi connectivity index (χ0n) is 15.4. The van der Waals surface area contributed by atoms with Gasteiger partial charge in [0, 0.05) is 0 Å². The van der Waals surface area contributed by atoms with E-state index in [9.17, 15) is 31.1 Å². The molecule has 0 atom stereocenters. The molecule has 0 aliphatic rings. The molecular weight excluding hydrogens is 422 g/mol. The molecule has 0 amide bonds. The number of carbonyl (C=O) groups is 1. The number of halogens is 6. The summed E-state index contributed by atoms with van der Waals surface area (Å²) in [4.78, 5) is 12.4. The van der Waals surface area contributed by atoms with Gasteiger partial charge in [-0.25, -0.2) is 0 Å². The SMILES string of the molecule is COc1ccc(C=CC(=O)c2cc(OC(F)(F)F)ccc2OC(F)(F)F)cc1OC. The fraction of sp³-hybridized carbons (Fsp3) is 0.211. The van der Waals surface area contributed by atoms with E-state index in [1.807, 2.05) is 0 Å². The molecule has 0 aliphatic heterocycles. The summed E-state index contributed by atoms with van der Waals surface area (Å²) >= 11 is 0. The van der Waals surface area contributed by atoms with Crippen molar-refractivity contribution in [2.75, 3.05) is 14.2 Å². The molecule has 0 unspecified atom stereocenters. The van der Waals surface area contributed by atoms with Gasteiger partial charge in [-0.1, -0.05) is 12.1 Å². The van der Waals surface area contributed by atoms with E-state index in [1.54, 1.807) is 0 Å². The van der Waals surface area contributed by atoms with E-state index in [1.165, 1.54) is 38.5 Å². The third-order valence-corrected chi connectivity index (χ3v) is 3.51. The predicted molar refractivity (Wildman–Crippen MR) is 92.7 cm³/mol. The highest BCUT2D eigenvalue weighted by Gasteiger charge is 2.34. The van der Waals surface area contributed by atoms with Gasteiger partial charge in [-0.15, -0.1) is 26.3 Å². The Morgan fingerprint density at radius 1 is 0.800 bits per heavy atom. The summed E-state index contributed by atoms with van der Waals surface area (Å²) in [6, 6.07) is 6.21. The minimum Gasteiger partial charge on any atom is -0.493 e. The van der Waals surface area contributed by atoms with Gasteiger partial charge in [-0.05, 0) is 42.0 Å². The van der Waals surface area contributed by atoms with Crippen molar-refractivity contribution in [2.45, 2.75) is 12.7 Å². The second-order valence-electron chi connectivity index (χ2n) is 5.57. The number of benzene rings is 2. The van der Waals surface area contributed by atoms with Crippen LogP contribution in [0, 0.1) is 0 Å². The molecule has 0 aliphatic carbocycles. The maximum atomic E-state index is 12.6. The van der Waals surface area contributed by atoms with E-state index >= 15 is 0 Å². The van der Waals surface area contributed by atoms with Crippen LogP contribution in [0.5, 0.6) is 23.0 Å². The van der Waals surface area contributed by atoms with Crippen LogP contribution >= 0.6 is 0 Å². The first-order valence-corrected chi connectivity index (χ1v) is 8.02. The van der Waals surface area contributed by atoms with Crippen LogP contribution in [-0.4, -0.2) is 32.7 Å². The molecule has 0 saturated heterocycles. The standard InChI is InChI=1S/C19H14F6O5/c1-27-16-7-4-11(9-17(16)28-2)3-6-14(26)13-10-12(29-18(20,21)22)5-8-15(13)30-19(23,24)25/h3-10H,1-2H3. The van der Waals surface area contributed by atoms with Crippen molar-refractivity contribution in [3.8, 4) is 23.0 Å². The summed E-state index contributed by atoms with van der Waals surface area (Å²) in [6.07, 6.45) is -8.15. The van der Waals surface area contributed by atoms with E-state index in [-0.39, 0.29) is 0 Å². The molecule has 2 rings (SSSR count). The van der Waals surface area contributed by atoms with Crippen LogP contribution < -0.4 is 18.9 Å². The number of ketones is 1. The first-order chi connectivity index (χ1) is 13.9. The van der Waals surface area contributed by atoms with Crippen LogP contribution in [0.15, 0.2) is 42.5 Å². The number of alkyl halides is 6. The van der Waals surface area contributed by atoms with Gasteiger partial charge < -0.3 is 18.9 Å². The Labute approximate surface area is 166 Å². The molecule has 0 N–H and O–H groups in total. The van der Waals surface area contributed by atoms with Crippen molar-refractivity contribution >= 4 is 11.9 Å². The van der Waals surface area contributed by atoms with Gasteiger partial charge in [0.05, 0.1) is 19.8 Å². The third kappa shape index (κ3) is 6.61. The highest BCUT2D eigenvalue weighted by atomic mass is 19.4. The smallest absolute Gasteiger partial charge is 0.493 e. The highest BCUT2D eigenvalue weighted by molar-refractivity contribution is 6.09. The number of carbonyl (C=O) groups excluding carboxylic acids is 1. The van der Waals surface area contributed by atoms with Gasteiger partial charge in [0.25, 0.3) is 0 Å². The lowest BCUT2D eigenvalue weighted by atomic mass is 10.1. The molecule has 0 aromatic heterocycles. The summed E-state index contributed by atoms with van der Waals surface area (Å²) in [5.74, 6) is -2.16. The Balaban J connectivity index is 2.37. The Morgan fingerprint density at radius 2 is 1.40 bits per heavy atom. The largest absolute Gasteiger partial charge is 0.573 e. The molecule has 30 heavy (non-hydrogen) atoms. The van der Waals surface area contributed by atoms with Crippen LogP contribution in [0.4, 0.5) is 26.3 Å². The van der Waals surface area contributed by atoms with Crippen molar-refractivity contribution in [2.24, 2.45) is 0 Å². The molecule has 0 spiro atoms. The number of allylic oxidation sites excluding steroid dienone is 1. The lowest BCUT2D eigenvalue weighted by Gasteiger charge is -2.14. The van der Waals surface area contributed by atoms with Crippen molar-refractivity contribution < 1.29 is 50.1 Å². The Kier molecular flexibility index (Phi) is 6.85. The molecule has 0 saturated carbocycles. The van der Waals surface area contributed by atoms with Crippen LogP contribution in [-0.2, 0) is 0 Å². The van der Waals surface area contributed by atoms with Crippen molar-refractivity contribution in [1.29, 1.82) is 0 Å². The Bertz CT molecular complexity index is 934. The minimum absolute atomic E-state index is 0.328. The summed E-state index contributed by atoms with van der Waals surface area (Å²) in [7, 11) is 2.79. The summed E-state index contributed by atoms with van der Waals surface area (Å²) in [5.41, 5.74) is -0.354. The van der Waals surface area contributed by atoms with Gasteiger partial charge in [-0.2, -0.15) is 0 Å². The van der Waals surface area contributed by atoms with Crippen LogP contribution in [0.3, 0.4) is 0 Å². The average molecular weight is 436 g/mol. The molecular formula is C19H14F6O5. The van der Waals surface area contributed by atoms with E-state index in [2.05, 4.69) is 9.47 Å². The van der Waals surface area contributed by atoms with Gasteiger partial charge in [0.2, 0.25) is 0 Å². The molecule has 0 heterocycles. The number of methoxy groups -OCH3 is 2. The fourth-order valence-corrected chi connectivity index (χ4v) is 2.33. The second-order valence-corrected chi connectivity index (χ2v) is 5.57. The number of hydrogen-bond donors (Lipinski definition) is 0. The molecule has 5 nitrogen and oxygen atoms in total. The second kappa shape index (κ2) is 8.97. The van der Waals surface area contributed by atoms with Crippen LogP contribution in [0.25, 0.3) is 6.08 Å². The van der Waals surface area contributed by atoms with Gasteiger partial charge in [-0.3, -0.25) is 4.79 Å². The normalized spacial score (nSPS) is 12.0. The number of ether oxygens (including phenoxy) is 4. The van der Waals surface area contributed by atoms with Crippen molar-refractivity contribution in [3.63, 3.8) is 0 Å². The molecule has 11 heteroatoms. The van der Waals surface area contributed by atoms with Crippen molar-refractivity contribution in [1.82, 2.24) is 0 Å². The van der Waals surface area contributed by atoms with E-state index < -0.39 is 35.6 Å². The highest BCUT2D eigenvalue weighted by Crippen LogP contribution is 2.33. The predicted octanol–water partition coefficient (Wildman–Crippen LogP) is 5.40. The number of hydrogen-bond acceptors (Lipinski definition) is 5. The van der Waals surface area contributed by atoms with E-state index in [0.717, 1.165) is 6.08 Å². The Morgan fingerprint density at radius 3 is 1.97 bits per heavy atom. The summed E-state index contributed by atoms with van der Waals surface area (Å²) in [6.45, 7) is 0. The molecule has 2 aromatic carbocycles. The third-order valence-electron chi connectivity index (χ3n) is 3.51. The lowest BCUT2D eigenvalue weighted by molar-refractivity contribution is -0.277. The first kappa shape index (κ1) is 22.9. The van der Waals surface area contributed by atoms with E-state index in [4.69, 9.17) is 9.47 Å². The van der Waals surface area contributed by atoms with Crippen LogP contribution in [0.2, 0.25) is 0 Å². The number of rotatable bonds is 7. The quantitative estimate of drug-likeness (QED) is 0.331. The van der Waals surface area contributed by atoms with Crippen LogP contribution in [0.1, 0.15) is 15.9 Å². The zero-order valence-corrected chi connectivity index (χ0v) is 15.4. The maximum absolute atomic E-state index is 12.6. The molecule has 0 fully saturated rings. The maximum Gasteiger partial charge on any atom is 0.573 e. The molecule has 162 valence electrons. The monoisotopic (exact) mass is 436 g/mol. The van der Waals surface area contributed by atoms with Gasteiger partial charge >= 0.3 is 12.7 Å². The molecule has 2 aromatic rings.